The molecular weight excluding hydrogens is 124 g/mol. The lowest BCUT2D eigenvalue weighted by molar-refractivity contribution is 1.79. The van der Waals surface area contributed by atoms with E-state index in [9.17, 15) is 0 Å². The molecule has 2 radical (unpaired) electrons. The van der Waals surface area contributed by atoms with E-state index in [1.165, 1.54) is 0 Å². The molecule has 42 valence electrons. The van der Waals surface area contributed by atoms with Gasteiger partial charge in [0.2, 0.25) is 0 Å². The summed E-state index contributed by atoms with van der Waals surface area (Å²) in [6.45, 7) is 7.37. The van der Waals surface area contributed by atoms with Gasteiger partial charge in [-0.3, -0.25) is 0 Å². The van der Waals surface area contributed by atoms with Crippen molar-refractivity contribution in [3.05, 3.63) is 13.8 Å². The SMILES string of the molecule is [CH2]CSCSC[CH2]. The first-order valence-corrected chi connectivity index (χ1v) is 4.46. The van der Waals surface area contributed by atoms with Crippen LogP contribution in [0.5, 0.6) is 0 Å². The highest BCUT2D eigenvalue weighted by atomic mass is 32.2. The van der Waals surface area contributed by atoms with E-state index in [4.69, 9.17) is 0 Å². The lowest BCUT2D eigenvalue weighted by Crippen LogP contribution is -1.72. The van der Waals surface area contributed by atoms with Crippen LogP contribution in [0.4, 0.5) is 0 Å². The summed E-state index contributed by atoms with van der Waals surface area (Å²) in [5, 5.41) is 1.15. The molecule has 0 spiro atoms. The summed E-state index contributed by atoms with van der Waals surface area (Å²) in [5.41, 5.74) is 0. The van der Waals surface area contributed by atoms with Gasteiger partial charge in [-0.05, 0) is 25.4 Å². The molecule has 7 heavy (non-hydrogen) atoms. The van der Waals surface area contributed by atoms with Crippen LogP contribution in [0.1, 0.15) is 0 Å². The molecule has 0 amide bonds. The molecule has 0 bridgehead atoms. The highest BCUT2D eigenvalue weighted by Crippen LogP contribution is 2.09. The van der Waals surface area contributed by atoms with Gasteiger partial charge < -0.3 is 0 Å². The summed E-state index contributed by atoms with van der Waals surface area (Å²) in [4.78, 5) is 0. The van der Waals surface area contributed by atoms with Crippen LogP contribution in [0.15, 0.2) is 0 Å². The Morgan fingerprint density at radius 2 is 1.43 bits per heavy atom. The normalized spacial score (nSPS) is 9.43. The van der Waals surface area contributed by atoms with Crippen molar-refractivity contribution in [1.82, 2.24) is 0 Å². The molecule has 0 heterocycles. The van der Waals surface area contributed by atoms with Gasteiger partial charge in [-0.1, -0.05) is 0 Å². The fraction of sp³-hybridized carbons (Fsp3) is 0.600. The van der Waals surface area contributed by atoms with Crippen LogP contribution < -0.4 is 0 Å². The van der Waals surface area contributed by atoms with E-state index in [0.717, 1.165) is 16.6 Å². The molecule has 0 saturated carbocycles. The first kappa shape index (κ1) is 7.70. The summed E-state index contributed by atoms with van der Waals surface area (Å²) in [6, 6.07) is 0. The highest BCUT2D eigenvalue weighted by molar-refractivity contribution is 8.16. The first-order chi connectivity index (χ1) is 3.41. The van der Waals surface area contributed by atoms with E-state index in [-0.39, 0.29) is 0 Å². The van der Waals surface area contributed by atoms with Gasteiger partial charge in [0.1, 0.15) is 0 Å². The Bertz CT molecular complexity index is 25.3. The third-order valence-electron chi connectivity index (χ3n) is 0.455. The average molecular weight is 134 g/mol. The van der Waals surface area contributed by atoms with Crippen molar-refractivity contribution in [2.75, 3.05) is 16.6 Å². The fourth-order valence-corrected chi connectivity index (χ4v) is 1.59. The first-order valence-electron chi connectivity index (χ1n) is 2.15. The number of thioether (sulfide) groups is 2. The molecule has 0 aliphatic carbocycles. The largest absolute Gasteiger partial charge is 0.151 e. The zero-order valence-corrected chi connectivity index (χ0v) is 5.99. The summed E-state index contributed by atoms with van der Waals surface area (Å²) >= 11 is 3.69. The molecule has 0 fully saturated rings. The fourth-order valence-electron chi connectivity index (χ4n) is 0.177. The van der Waals surface area contributed by atoms with Gasteiger partial charge in [0.05, 0.1) is 0 Å². The number of hydrogen-bond acceptors (Lipinski definition) is 2. The maximum absolute atomic E-state index is 3.69. The van der Waals surface area contributed by atoms with E-state index in [2.05, 4.69) is 13.8 Å². The van der Waals surface area contributed by atoms with Gasteiger partial charge >= 0.3 is 0 Å². The Hall–Kier alpha value is 0.700. The summed E-state index contributed by atoms with van der Waals surface area (Å²) in [6.07, 6.45) is 0. The zero-order valence-electron chi connectivity index (χ0n) is 4.35. The van der Waals surface area contributed by atoms with Crippen molar-refractivity contribution >= 4 is 23.5 Å². The van der Waals surface area contributed by atoms with Gasteiger partial charge in [0, 0.05) is 5.08 Å². The predicted octanol–water partition coefficient (Wildman–Crippen LogP) is 2.08. The topological polar surface area (TPSA) is 0 Å². The molecule has 0 unspecified atom stereocenters. The molecule has 0 atom stereocenters. The summed E-state index contributed by atoms with van der Waals surface area (Å²) < 4.78 is 0. The van der Waals surface area contributed by atoms with E-state index < -0.39 is 0 Å². The van der Waals surface area contributed by atoms with Gasteiger partial charge in [-0.15, -0.1) is 0 Å². The smallest absolute Gasteiger partial charge is 0.0392 e. The third kappa shape index (κ3) is 6.70. The van der Waals surface area contributed by atoms with Gasteiger partial charge in [0.15, 0.2) is 0 Å². The van der Waals surface area contributed by atoms with Crippen molar-refractivity contribution in [2.24, 2.45) is 0 Å². The van der Waals surface area contributed by atoms with Gasteiger partial charge in [0.25, 0.3) is 0 Å². The highest BCUT2D eigenvalue weighted by Gasteiger charge is 1.79. The molecule has 0 aliphatic rings. The minimum atomic E-state index is 0.979. The molecular formula is C5H10S2. The molecule has 2 heteroatoms. The van der Waals surface area contributed by atoms with Crippen LogP contribution in [0, 0.1) is 13.8 Å². The van der Waals surface area contributed by atoms with Crippen LogP contribution in [0.3, 0.4) is 0 Å². The van der Waals surface area contributed by atoms with Crippen molar-refractivity contribution in [1.29, 1.82) is 0 Å². The summed E-state index contributed by atoms with van der Waals surface area (Å²) in [5.74, 6) is 1.96. The number of rotatable bonds is 4. The number of hydrogen-bond donors (Lipinski definition) is 0. The Labute approximate surface area is 54.4 Å². The maximum Gasteiger partial charge on any atom is 0.0392 e. The molecule has 0 aromatic rings. The van der Waals surface area contributed by atoms with E-state index in [0.29, 0.717) is 0 Å². The van der Waals surface area contributed by atoms with E-state index >= 15 is 0 Å². The van der Waals surface area contributed by atoms with Crippen LogP contribution in [0.25, 0.3) is 0 Å². The van der Waals surface area contributed by atoms with Crippen LogP contribution in [-0.2, 0) is 0 Å². The van der Waals surface area contributed by atoms with Crippen molar-refractivity contribution in [3.8, 4) is 0 Å². The van der Waals surface area contributed by atoms with Crippen molar-refractivity contribution < 1.29 is 0 Å². The Morgan fingerprint density at radius 3 is 1.71 bits per heavy atom. The summed E-state index contributed by atoms with van der Waals surface area (Å²) in [7, 11) is 0. The van der Waals surface area contributed by atoms with Crippen LogP contribution in [0.2, 0.25) is 0 Å². The van der Waals surface area contributed by atoms with Gasteiger partial charge in [-0.25, -0.2) is 0 Å². The van der Waals surface area contributed by atoms with Crippen molar-refractivity contribution in [2.45, 2.75) is 0 Å². The lowest BCUT2D eigenvalue weighted by atomic mass is 11.0. The standard InChI is InChI=1S/C5H10S2/c1-3-6-5-7-4-2/h1-5H2. The van der Waals surface area contributed by atoms with E-state index in [1.807, 2.05) is 23.5 Å². The Morgan fingerprint density at radius 1 is 1.00 bits per heavy atom. The third-order valence-corrected chi connectivity index (χ3v) is 2.37. The molecule has 0 saturated heterocycles. The maximum atomic E-state index is 3.69. The minimum Gasteiger partial charge on any atom is -0.151 e. The van der Waals surface area contributed by atoms with E-state index in [1.54, 1.807) is 0 Å². The molecule has 0 rings (SSSR count). The minimum absolute atomic E-state index is 0.979. The average Bonchev–Trinajstić information content (AvgIpc) is 1.69. The molecule has 0 aromatic heterocycles. The molecule has 0 aromatic carbocycles. The van der Waals surface area contributed by atoms with Crippen molar-refractivity contribution in [3.63, 3.8) is 0 Å². The lowest BCUT2D eigenvalue weighted by Gasteiger charge is -1.91. The molecule has 0 nitrogen and oxygen atoms in total. The second kappa shape index (κ2) is 6.70. The second-order valence-corrected chi connectivity index (χ2v) is 3.51. The second-order valence-electron chi connectivity index (χ2n) is 0.934. The van der Waals surface area contributed by atoms with Gasteiger partial charge in [-0.2, -0.15) is 23.5 Å². The predicted molar refractivity (Wildman–Crippen MR) is 40.5 cm³/mol. The molecule has 0 N–H and O–H groups in total. The molecule has 0 aliphatic heterocycles. The zero-order chi connectivity index (χ0) is 5.54. The monoisotopic (exact) mass is 134 g/mol. The Kier molecular flexibility index (Phi) is 7.37. The Balaban J connectivity index is 2.45. The quantitative estimate of drug-likeness (QED) is 0.426. The van der Waals surface area contributed by atoms with Crippen LogP contribution in [-0.4, -0.2) is 16.6 Å². The van der Waals surface area contributed by atoms with Crippen LogP contribution >= 0.6 is 23.5 Å².